The van der Waals surface area contributed by atoms with Gasteiger partial charge >= 0.3 is 0 Å². The summed E-state index contributed by atoms with van der Waals surface area (Å²) in [6.07, 6.45) is 5.26. The van der Waals surface area contributed by atoms with E-state index in [2.05, 4.69) is 15.0 Å². The van der Waals surface area contributed by atoms with Crippen molar-refractivity contribution < 1.29 is 9.53 Å². The van der Waals surface area contributed by atoms with Crippen molar-refractivity contribution in [1.82, 2.24) is 24.6 Å². The minimum Gasteiger partial charge on any atom is -0.379 e. The van der Waals surface area contributed by atoms with Crippen molar-refractivity contribution in [2.75, 3.05) is 45.9 Å². The molecule has 2 fully saturated rings. The Morgan fingerprint density at radius 3 is 2.64 bits per heavy atom. The van der Waals surface area contributed by atoms with Crippen LogP contribution < -0.4 is 0 Å². The Hall–Kier alpha value is -1.47. The van der Waals surface area contributed by atoms with Gasteiger partial charge in [0, 0.05) is 32.7 Å². The first-order valence-electron chi connectivity index (χ1n) is 8.17. The van der Waals surface area contributed by atoms with E-state index in [1.165, 1.54) is 6.33 Å². The fourth-order valence-electron chi connectivity index (χ4n) is 3.28. The number of hydrogen-bond donors (Lipinski definition) is 0. The van der Waals surface area contributed by atoms with Crippen LogP contribution in [0.5, 0.6) is 0 Å². The van der Waals surface area contributed by atoms with Crippen LogP contribution in [0.4, 0.5) is 0 Å². The van der Waals surface area contributed by atoms with E-state index in [-0.39, 0.29) is 11.9 Å². The van der Waals surface area contributed by atoms with Crippen LogP contribution in [-0.4, -0.2) is 76.4 Å². The molecule has 0 N–H and O–H groups in total. The number of carbonyl (C=O) groups excluding carboxylic acids is 1. The van der Waals surface area contributed by atoms with Crippen LogP contribution in [0, 0.1) is 5.92 Å². The van der Waals surface area contributed by atoms with Gasteiger partial charge in [0.1, 0.15) is 18.7 Å². The summed E-state index contributed by atoms with van der Waals surface area (Å²) in [6.45, 7) is 8.53. The zero-order chi connectivity index (χ0) is 15.4. The first kappa shape index (κ1) is 15.4. The number of piperidine rings is 1. The molecule has 3 heterocycles. The highest BCUT2D eigenvalue weighted by atomic mass is 16.5. The molecule has 0 aliphatic carbocycles. The zero-order valence-corrected chi connectivity index (χ0v) is 13.2. The van der Waals surface area contributed by atoms with Gasteiger partial charge < -0.3 is 9.64 Å². The van der Waals surface area contributed by atoms with Gasteiger partial charge in [-0.25, -0.2) is 9.67 Å². The lowest BCUT2D eigenvalue weighted by Gasteiger charge is -2.36. The molecule has 1 amide bonds. The van der Waals surface area contributed by atoms with Crippen molar-refractivity contribution >= 4 is 5.91 Å². The highest BCUT2D eigenvalue weighted by Gasteiger charge is 2.28. The van der Waals surface area contributed by atoms with Gasteiger partial charge in [0.15, 0.2) is 0 Å². The number of hydrogen-bond acceptors (Lipinski definition) is 5. The molecule has 0 unspecified atom stereocenters. The van der Waals surface area contributed by atoms with Gasteiger partial charge in [0.05, 0.1) is 13.2 Å². The van der Waals surface area contributed by atoms with E-state index >= 15 is 0 Å². The van der Waals surface area contributed by atoms with Gasteiger partial charge in [0.2, 0.25) is 5.91 Å². The lowest BCUT2D eigenvalue weighted by molar-refractivity contribution is -0.136. The van der Waals surface area contributed by atoms with Crippen LogP contribution in [0.3, 0.4) is 0 Å². The van der Waals surface area contributed by atoms with E-state index in [0.29, 0.717) is 5.92 Å². The second kappa shape index (κ2) is 7.19. The predicted molar refractivity (Wildman–Crippen MR) is 81.3 cm³/mol. The van der Waals surface area contributed by atoms with Crippen LogP contribution >= 0.6 is 0 Å². The number of nitrogens with zero attached hydrogens (tertiary/aromatic N) is 5. The molecular formula is C15H25N5O2. The van der Waals surface area contributed by atoms with E-state index in [0.717, 1.165) is 58.8 Å². The molecule has 2 saturated heterocycles. The number of aromatic nitrogens is 3. The summed E-state index contributed by atoms with van der Waals surface area (Å²) in [4.78, 5) is 20.9. The summed E-state index contributed by atoms with van der Waals surface area (Å²) in [5.74, 6) is 0.846. The van der Waals surface area contributed by atoms with E-state index < -0.39 is 0 Å². The first-order chi connectivity index (χ1) is 10.7. The Morgan fingerprint density at radius 1 is 1.27 bits per heavy atom. The van der Waals surface area contributed by atoms with Crippen molar-refractivity contribution in [3.63, 3.8) is 0 Å². The minimum absolute atomic E-state index is 0.148. The highest BCUT2D eigenvalue weighted by molar-refractivity contribution is 5.80. The van der Waals surface area contributed by atoms with Gasteiger partial charge in [0.25, 0.3) is 0 Å². The zero-order valence-electron chi connectivity index (χ0n) is 13.2. The van der Waals surface area contributed by atoms with E-state index in [4.69, 9.17) is 4.74 Å². The summed E-state index contributed by atoms with van der Waals surface area (Å²) in [7, 11) is 0. The lowest BCUT2D eigenvalue weighted by atomic mass is 9.95. The SMILES string of the molecule is C[C@@H](C(=O)N1CCC(CN2CCOCC2)CC1)n1cncn1. The minimum atomic E-state index is -0.265. The van der Waals surface area contributed by atoms with E-state index in [1.54, 1.807) is 11.0 Å². The maximum Gasteiger partial charge on any atom is 0.247 e. The summed E-state index contributed by atoms with van der Waals surface area (Å²) in [6, 6.07) is -0.265. The van der Waals surface area contributed by atoms with Crippen LogP contribution in [0.15, 0.2) is 12.7 Å². The monoisotopic (exact) mass is 307 g/mol. The second-order valence-corrected chi connectivity index (χ2v) is 6.23. The topological polar surface area (TPSA) is 63.5 Å². The Bertz CT molecular complexity index is 464. The molecule has 1 aromatic heterocycles. The molecule has 0 spiro atoms. The predicted octanol–water partition coefficient (Wildman–Crippen LogP) is 0.410. The average molecular weight is 307 g/mol. The molecule has 22 heavy (non-hydrogen) atoms. The Morgan fingerprint density at radius 2 is 2.00 bits per heavy atom. The molecule has 0 aromatic carbocycles. The number of carbonyl (C=O) groups is 1. The highest BCUT2D eigenvalue weighted by Crippen LogP contribution is 2.21. The fraction of sp³-hybridized carbons (Fsp3) is 0.800. The molecule has 2 aliphatic rings. The molecule has 7 heteroatoms. The van der Waals surface area contributed by atoms with Crippen LogP contribution in [-0.2, 0) is 9.53 Å². The maximum atomic E-state index is 12.5. The molecule has 0 saturated carbocycles. The maximum absolute atomic E-state index is 12.5. The third-order valence-corrected chi connectivity index (χ3v) is 4.74. The number of morpholine rings is 1. The molecule has 7 nitrogen and oxygen atoms in total. The Balaban J connectivity index is 1.45. The van der Waals surface area contributed by atoms with Crippen LogP contribution in [0.25, 0.3) is 0 Å². The molecule has 122 valence electrons. The van der Waals surface area contributed by atoms with Gasteiger partial charge in [-0.3, -0.25) is 9.69 Å². The Kier molecular flexibility index (Phi) is 5.04. The number of amides is 1. The van der Waals surface area contributed by atoms with Crippen molar-refractivity contribution in [2.24, 2.45) is 5.92 Å². The lowest BCUT2D eigenvalue weighted by Crippen LogP contribution is -2.45. The number of ether oxygens (including phenoxy) is 1. The van der Waals surface area contributed by atoms with E-state index in [9.17, 15) is 4.79 Å². The molecule has 1 aromatic rings. The standard InChI is InChI=1S/C15H25N5O2/c1-13(20-12-16-11-17-20)15(21)19-4-2-14(3-5-19)10-18-6-8-22-9-7-18/h11-14H,2-10H2,1H3/t13-/m0/s1. The third-order valence-electron chi connectivity index (χ3n) is 4.74. The molecule has 1 atom stereocenters. The number of rotatable bonds is 4. The molecule has 2 aliphatic heterocycles. The van der Waals surface area contributed by atoms with E-state index in [1.807, 2.05) is 11.8 Å². The summed E-state index contributed by atoms with van der Waals surface area (Å²) < 4.78 is 7.02. The fourth-order valence-corrected chi connectivity index (χ4v) is 3.28. The third kappa shape index (κ3) is 3.64. The first-order valence-corrected chi connectivity index (χ1v) is 8.17. The Labute approximate surface area is 131 Å². The largest absolute Gasteiger partial charge is 0.379 e. The van der Waals surface area contributed by atoms with Gasteiger partial charge in [-0.15, -0.1) is 0 Å². The molecule has 0 radical (unpaired) electrons. The quantitative estimate of drug-likeness (QED) is 0.806. The van der Waals surface area contributed by atoms with Gasteiger partial charge in [-0.2, -0.15) is 5.10 Å². The van der Waals surface area contributed by atoms with Crippen LogP contribution in [0.2, 0.25) is 0 Å². The van der Waals surface area contributed by atoms with Crippen molar-refractivity contribution in [1.29, 1.82) is 0 Å². The normalized spacial score (nSPS) is 22.7. The average Bonchev–Trinajstić information content (AvgIpc) is 3.10. The van der Waals surface area contributed by atoms with Crippen molar-refractivity contribution in [3.05, 3.63) is 12.7 Å². The number of likely N-dealkylation sites (tertiary alicyclic amines) is 1. The second-order valence-electron chi connectivity index (χ2n) is 6.23. The summed E-state index contributed by atoms with van der Waals surface area (Å²) >= 11 is 0. The van der Waals surface area contributed by atoms with Crippen molar-refractivity contribution in [3.8, 4) is 0 Å². The summed E-state index contributed by atoms with van der Waals surface area (Å²) in [5, 5.41) is 4.06. The summed E-state index contributed by atoms with van der Waals surface area (Å²) in [5.41, 5.74) is 0. The molecule has 0 bridgehead atoms. The van der Waals surface area contributed by atoms with Crippen LogP contribution in [0.1, 0.15) is 25.8 Å². The smallest absolute Gasteiger partial charge is 0.247 e. The van der Waals surface area contributed by atoms with Gasteiger partial charge in [-0.05, 0) is 25.7 Å². The van der Waals surface area contributed by atoms with Crippen molar-refractivity contribution in [2.45, 2.75) is 25.8 Å². The van der Waals surface area contributed by atoms with Gasteiger partial charge in [-0.1, -0.05) is 0 Å². The molecule has 3 rings (SSSR count). The molecular weight excluding hydrogens is 282 g/mol.